The first-order valence-corrected chi connectivity index (χ1v) is 9.73. The van der Waals surface area contributed by atoms with E-state index in [4.69, 9.17) is 33.3 Å². The van der Waals surface area contributed by atoms with Gasteiger partial charge < -0.3 is 28.4 Å². The number of hydroxylamine groups is 1. The number of carbonyl (C=O) groups is 1. The number of benzene rings is 2. The van der Waals surface area contributed by atoms with Gasteiger partial charge in [-0.15, -0.1) is 0 Å². The molecule has 0 atom stereocenters. The molecule has 0 saturated carbocycles. The van der Waals surface area contributed by atoms with Gasteiger partial charge in [0.25, 0.3) is 5.91 Å². The van der Waals surface area contributed by atoms with Crippen molar-refractivity contribution in [3.63, 3.8) is 0 Å². The lowest BCUT2D eigenvalue weighted by Gasteiger charge is -2.14. The summed E-state index contributed by atoms with van der Waals surface area (Å²) in [4.78, 5) is 17.7. The molecule has 0 unspecified atom stereocenters. The molecule has 0 bridgehead atoms. The summed E-state index contributed by atoms with van der Waals surface area (Å²) in [6, 6.07) is 14.3. The van der Waals surface area contributed by atoms with E-state index in [1.165, 1.54) is 0 Å². The van der Waals surface area contributed by atoms with E-state index in [0.717, 1.165) is 5.56 Å². The van der Waals surface area contributed by atoms with Crippen LogP contribution in [0.4, 0.5) is 0 Å². The van der Waals surface area contributed by atoms with Crippen molar-refractivity contribution < 1.29 is 38.1 Å². The van der Waals surface area contributed by atoms with Crippen LogP contribution in [-0.2, 0) is 30.4 Å². The minimum absolute atomic E-state index is 0.00990. The number of carbonyl (C=O) groups excluding carboxylic acids is 1. The van der Waals surface area contributed by atoms with E-state index in [1.807, 2.05) is 30.3 Å². The van der Waals surface area contributed by atoms with Crippen molar-refractivity contribution in [2.45, 2.75) is 6.61 Å². The maximum Gasteiger partial charge on any atom is 0.274 e. The van der Waals surface area contributed by atoms with E-state index in [-0.39, 0.29) is 20.2 Å². The van der Waals surface area contributed by atoms with Crippen LogP contribution >= 0.6 is 0 Å². The van der Waals surface area contributed by atoms with Gasteiger partial charge in [-0.2, -0.15) is 0 Å². The average Bonchev–Trinajstić information content (AvgIpc) is 2.80. The zero-order chi connectivity index (χ0) is 22.2. The number of ether oxygens (including phenoxy) is 6. The Labute approximate surface area is 182 Å². The molecule has 2 rings (SSSR count). The second-order valence-electron chi connectivity index (χ2n) is 6.19. The molecule has 9 nitrogen and oxygen atoms in total. The molecule has 0 saturated heterocycles. The van der Waals surface area contributed by atoms with Crippen LogP contribution in [0.25, 0.3) is 0 Å². The van der Waals surface area contributed by atoms with E-state index in [9.17, 15) is 4.79 Å². The van der Waals surface area contributed by atoms with Crippen LogP contribution in [0.15, 0.2) is 48.5 Å². The Hall–Kier alpha value is -2.69. The highest BCUT2D eigenvalue weighted by atomic mass is 16.7. The van der Waals surface area contributed by atoms with Gasteiger partial charge >= 0.3 is 0 Å². The van der Waals surface area contributed by atoms with Crippen molar-refractivity contribution in [2.75, 3.05) is 54.2 Å². The summed E-state index contributed by atoms with van der Waals surface area (Å²) in [7, 11) is 3.18. The lowest BCUT2D eigenvalue weighted by Crippen LogP contribution is -2.23. The maximum atomic E-state index is 12.4. The number of rotatable bonds is 16. The molecule has 2 aromatic rings. The summed E-state index contributed by atoms with van der Waals surface area (Å²) in [5.74, 6) is 0.335. The fourth-order valence-corrected chi connectivity index (χ4v) is 2.31. The van der Waals surface area contributed by atoms with Crippen LogP contribution in [0.3, 0.4) is 0 Å². The van der Waals surface area contributed by atoms with Gasteiger partial charge in [0, 0.05) is 19.8 Å². The van der Waals surface area contributed by atoms with Crippen molar-refractivity contribution in [3.8, 4) is 11.5 Å². The summed E-state index contributed by atoms with van der Waals surface area (Å²) < 4.78 is 31.7. The molecule has 2 aromatic carbocycles. The summed E-state index contributed by atoms with van der Waals surface area (Å²) in [6.07, 6.45) is 0. The SMILES string of the molecule is COCCOCOc1ccc(C(=O)NOCc2ccccc2)cc1OCOCCOC. The van der Waals surface area contributed by atoms with Crippen molar-refractivity contribution in [1.29, 1.82) is 0 Å². The molecule has 0 aromatic heterocycles. The number of hydrogen-bond donors (Lipinski definition) is 1. The van der Waals surface area contributed by atoms with Gasteiger partial charge in [0.2, 0.25) is 0 Å². The highest BCUT2D eigenvalue weighted by molar-refractivity contribution is 5.94. The van der Waals surface area contributed by atoms with Crippen LogP contribution in [-0.4, -0.2) is 60.1 Å². The second-order valence-corrected chi connectivity index (χ2v) is 6.19. The van der Waals surface area contributed by atoms with Crippen LogP contribution in [0.1, 0.15) is 15.9 Å². The Morgan fingerprint density at radius 3 is 2.10 bits per heavy atom. The topological polar surface area (TPSA) is 93.7 Å². The van der Waals surface area contributed by atoms with E-state index in [1.54, 1.807) is 32.4 Å². The Bertz CT molecular complexity index is 756. The van der Waals surface area contributed by atoms with Gasteiger partial charge in [0.1, 0.15) is 0 Å². The molecular formula is C22H29NO8. The van der Waals surface area contributed by atoms with Crippen molar-refractivity contribution >= 4 is 5.91 Å². The summed E-state index contributed by atoms with van der Waals surface area (Å²) in [5.41, 5.74) is 3.71. The highest BCUT2D eigenvalue weighted by Crippen LogP contribution is 2.28. The Morgan fingerprint density at radius 2 is 1.45 bits per heavy atom. The third-order valence-electron chi connectivity index (χ3n) is 3.91. The molecule has 0 spiro atoms. The lowest BCUT2D eigenvalue weighted by atomic mass is 10.2. The van der Waals surface area contributed by atoms with Crippen LogP contribution in [0.5, 0.6) is 11.5 Å². The molecule has 31 heavy (non-hydrogen) atoms. The van der Waals surface area contributed by atoms with E-state index in [2.05, 4.69) is 5.48 Å². The molecule has 0 fully saturated rings. The Morgan fingerprint density at radius 1 is 0.806 bits per heavy atom. The first-order chi connectivity index (χ1) is 15.2. The predicted octanol–water partition coefficient (Wildman–Crippen LogP) is 2.55. The van der Waals surface area contributed by atoms with Gasteiger partial charge in [-0.05, 0) is 23.8 Å². The number of hydrogen-bond acceptors (Lipinski definition) is 8. The summed E-state index contributed by atoms with van der Waals surface area (Å²) in [5, 5.41) is 0. The smallest absolute Gasteiger partial charge is 0.274 e. The quantitative estimate of drug-likeness (QED) is 0.244. The minimum atomic E-state index is -0.413. The highest BCUT2D eigenvalue weighted by Gasteiger charge is 2.13. The maximum absolute atomic E-state index is 12.4. The molecule has 0 heterocycles. The fourth-order valence-electron chi connectivity index (χ4n) is 2.31. The molecular weight excluding hydrogens is 406 g/mol. The number of amides is 1. The van der Waals surface area contributed by atoms with Crippen LogP contribution < -0.4 is 15.0 Å². The Kier molecular flexibility index (Phi) is 12.0. The molecule has 9 heteroatoms. The zero-order valence-corrected chi connectivity index (χ0v) is 17.8. The first-order valence-electron chi connectivity index (χ1n) is 9.73. The predicted molar refractivity (Wildman–Crippen MR) is 112 cm³/mol. The van der Waals surface area contributed by atoms with Crippen molar-refractivity contribution in [3.05, 3.63) is 59.7 Å². The van der Waals surface area contributed by atoms with E-state index >= 15 is 0 Å². The van der Waals surface area contributed by atoms with Gasteiger partial charge in [0.15, 0.2) is 25.1 Å². The molecule has 0 aliphatic heterocycles. The monoisotopic (exact) mass is 435 g/mol. The van der Waals surface area contributed by atoms with Crippen molar-refractivity contribution in [1.82, 2.24) is 5.48 Å². The molecule has 170 valence electrons. The molecule has 0 aliphatic rings. The van der Waals surface area contributed by atoms with Gasteiger partial charge in [0.05, 0.1) is 33.0 Å². The van der Waals surface area contributed by atoms with Crippen LogP contribution in [0.2, 0.25) is 0 Å². The molecule has 0 aliphatic carbocycles. The zero-order valence-electron chi connectivity index (χ0n) is 17.8. The van der Waals surface area contributed by atoms with Gasteiger partial charge in [-0.1, -0.05) is 30.3 Å². The fraction of sp³-hybridized carbons (Fsp3) is 0.409. The largest absolute Gasteiger partial charge is 0.464 e. The molecule has 1 N–H and O–H groups in total. The van der Waals surface area contributed by atoms with Gasteiger partial charge in [-0.3, -0.25) is 9.63 Å². The second kappa shape index (κ2) is 15.2. The number of nitrogens with one attached hydrogen (secondary N) is 1. The van der Waals surface area contributed by atoms with E-state index < -0.39 is 5.91 Å². The van der Waals surface area contributed by atoms with Gasteiger partial charge in [-0.25, -0.2) is 5.48 Å². The number of methoxy groups -OCH3 is 2. The Balaban J connectivity index is 1.92. The standard InChI is InChI=1S/C22H29NO8/c1-25-10-12-27-16-29-20-9-8-19(14-21(20)30-17-28-13-11-26-2)22(24)23-31-15-18-6-4-3-5-7-18/h3-9,14H,10-13,15-17H2,1-2H3,(H,23,24). The van der Waals surface area contributed by atoms with Crippen molar-refractivity contribution in [2.24, 2.45) is 0 Å². The normalized spacial score (nSPS) is 10.6. The van der Waals surface area contributed by atoms with E-state index in [0.29, 0.717) is 43.5 Å². The summed E-state index contributed by atoms with van der Waals surface area (Å²) >= 11 is 0. The minimum Gasteiger partial charge on any atom is -0.464 e. The molecule has 1 amide bonds. The summed E-state index contributed by atoms with van der Waals surface area (Å²) in [6.45, 7) is 1.91. The average molecular weight is 435 g/mol. The first kappa shape index (κ1) is 24.6. The third-order valence-corrected chi connectivity index (χ3v) is 3.91. The van der Waals surface area contributed by atoms with Crippen LogP contribution in [0, 0.1) is 0 Å². The third kappa shape index (κ3) is 9.77. The molecule has 0 radical (unpaired) electrons. The lowest BCUT2D eigenvalue weighted by molar-refractivity contribution is -0.0207.